The number of hydrogen-bond donors (Lipinski definition) is 2. The molecule has 0 bridgehead atoms. The number of nitrogens with zero attached hydrogens (tertiary/aromatic N) is 2. The number of allylic oxidation sites excluding steroid dienone is 2. The lowest BCUT2D eigenvalue weighted by Crippen LogP contribution is -2.21. The Labute approximate surface area is 133 Å². The Balaban J connectivity index is 0.00000116. The van der Waals surface area contributed by atoms with Gasteiger partial charge in [-0.15, -0.1) is 0 Å². The first kappa shape index (κ1) is 17.8. The van der Waals surface area contributed by atoms with Crippen LogP contribution in [0.2, 0.25) is 0 Å². The number of benzene rings is 1. The van der Waals surface area contributed by atoms with E-state index < -0.39 is 0 Å². The van der Waals surface area contributed by atoms with Gasteiger partial charge in [-0.2, -0.15) is 5.26 Å². The van der Waals surface area contributed by atoms with Gasteiger partial charge in [0.25, 0.3) is 0 Å². The number of nitriles is 1. The maximum absolute atomic E-state index is 9.25. The highest BCUT2D eigenvalue weighted by atomic mass is 14.8. The van der Waals surface area contributed by atoms with E-state index in [1.807, 2.05) is 45.0 Å². The van der Waals surface area contributed by atoms with Crippen LogP contribution in [0.15, 0.2) is 40.7 Å². The summed E-state index contributed by atoms with van der Waals surface area (Å²) in [6, 6.07) is 9.69. The molecule has 0 spiro atoms. The molecule has 4 nitrogen and oxygen atoms in total. The molecule has 0 unspecified atom stereocenters. The van der Waals surface area contributed by atoms with Crippen molar-refractivity contribution in [2.24, 2.45) is 22.4 Å². The minimum Gasteiger partial charge on any atom is -0.400 e. The Morgan fingerprint density at radius 1 is 1.14 bits per heavy atom. The lowest BCUT2D eigenvalue weighted by molar-refractivity contribution is 0.629. The van der Waals surface area contributed by atoms with Gasteiger partial charge in [0, 0.05) is 11.6 Å². The van der Waals surface area contributed by atoms with Crippen molar-refractivity contribution in [2.45, 2.75) is 46.5 Å². The first-order valence-electron chi connectivity index (χ1n) is 7.92. The maximum Gasteiger partial charge on any atom is 0.165 e. The zero-order chi connectivity index (χ0) is 16.5. The Morgan fingerprint density at radius 3 is 2.18 bits per heavy atom. The van der Waals surface area contributed by atoms with Crippen molar-refractivity contribution in [2.75, 3.05) is 0 Å². The third-order valence-corrected chi connectivity index (χ3v) is 3.74. The number of aliphatic imine (C=N–C) groups is 1. The van der Waals surface area contributed by atoms with Gasteiger partial charge in [-0.25, -0.2) is 4.99 Å². The molecule has 1 fully saturated rings. The predicted octanol–water partition coefficient (Wildman–Crippen LogP) is 3.94. The van der Waals surface area contributed by atoms with Crippen molar-refractivity contribution < 1.29 is 0 Å². The van der Waals surface area contributed by atoms with Gasteiger partial charge in [-0.1, -0.05) is 44.4 Å². The Kier molecular flexibility index (Phi) is 7.18. The van der Waals surface area contributed by atoms with E-state index >= 15 is 0 Å². The molecule has 2 rings (SSSR count). The van der Waals surface area contributed by atoms with Gasteiger partial charge in [0.15, 0.2) is 5.71 Å². The maximum atomic E-state index is 9.25. The van der Waals surface area contributed by atoms with Crippen LogP contribution in [-0.2, 0) is 0 Å². The fourth-order valence-electron chi connectivity index (χ4n) is 2.49. The van der Waals surface area contributed by atoms with Gasteiger partial charge in [0.2, 0.25) is 0 Å². The zero-order valence-electron chi connectivity index (χ0n) is 13.8. The van der Waals surface area contributed by atoms with Crippen LogP contribution in [0.1, 0.15) is 45.1 Å². The number of hydrogen-bond acceptors (Lipinski definition) is 4. The number of nitrogens with two attached hydrogens (primary N) is 2. The van der Waals surface area contributed by atoms with Gasteiger partial charge in [-0.3, -0.25) is 0 Å². The molecule has 22 heavy (non-hydrogen) atoms. The fourth-order valence-corrected chi connectivity index (χ4v) is 2.49. The second-order valence-corrected chi connectivity index (χ2v) is 5.26. The van der Waals surface area contributed by atoms with E-state index in [1.165, 1.54) is 12.8 Å². The molecule has 0 amide bonds. The number of rotatable bonds is 3. The minimum absolute atomic E-state index is 0.207. The third-order valence-electron chi connectivity index (χ3n) is 3.74. The van der Waals surface area contributed by atoms with Crippen LogP contribution in [0.5, 0.6) is 0 Å². The van der Waals surface area contributed by atoms with Crippen LogP contribution in [-0.4, -0.2) is 5.71 Å². The second kappa shape index (κ2) is 8.89. The van der Waals surface area contributed by atoms with Crippen LogP contribution < -0.4 is 11.5 Å². The molecule has 0 aromatic heterocycles. The summed E-state index contributed by atoms with van der Waals surface area (Å²) in [6.45, 7) is 6.01. The largest absolute Gasteiger partial charge is 0.400 e. The van der Waals surface area contributed by atoms with E-state index in [2.05, 4.69) is 11.1 Å². The van der Waals surface area contributed by atoms with Gasteiger partial charge >= 0.3 is 0 Å². The van der Waals surface area contributed by atoms with Gasteiger partial charge in [0.1, 0.15) is 6.07 Å². The first-order chi connectivity index (χ1) is 10.6. The smallest absolute Gasteiger partial charge is 0.165 e. The standard InChI is InChI=1S/C16H20N4.C2H6/c1-11-6-8-13(9-7-11)20-14(10-17)16(19)15(18)12-4-2-3-5-12;1-2/h6-9,12H,2-5,18-19H2,1H3;1-2H3/b16-15+,20-14?;. The summed E-state index contributed by atoms with van der Waals surface area (Å²) in [4.78, 5) is 4.30. The summed E-state index contributed by atoms with van der Waals surface area (Å²) >= 11 is 0. The van der Waals surface area contributed by atoms with Crippen LogP contribution in [0.3, 0.4) is 0 Å². The molecule has 4 N–H and O–H groups in total. The van der Waals surface area contributed by atoms with Crippen LogP contribution in [0.25, 0.3) is 0 Å². The SMILES string of the molecule is CC.Cc1ccc(N=C(C#N)/C(N)=C(\N)C2CCCC2)cc1. The van der Waals surface area contributed by atoms with Crippen molar-refractivity contribution in [3.8, 4) is 6.07 Å². The normalized spacial score (nSPS) is 16.4. The highest BCUT2D eigenvalue weighted by Gasteiger charge is 2.21. The average molecular weight is 298 g/mol. The Hall–Kier alpha value is -2.28. The van der Waals surface area contributed by atoms with E-state index in [-0.39, 0.29) is 5.71 Å². The van der Waals surface area contributed by atoms with Crippen molar-refractivity contribution >= 4 is 11.4 Å². The summed E-state index contributed by atoms with van der Waals surface area (Å²) in [5, 5.41) is 9.25. The van der Waals surface area contributed by atoms with Crippen LogP contribution >= 0.6 is 0 Å². The summed E-state index contributed by atoms with van der Waals surface area (Å²) < 4.78 is 0. The summed E-state index contributed by atoms with van der Waals surface area (Å²) in [5.74, 6) is 0.298. The Morgan fingerprint density at radius 2 is 1.68 bits per heavy atom. The first-order valence-corrected chi connectivity index (χ1v) is 7.92. The van der Waals surface area contributed by atoms with Gasteiger partial charge < -0.3 is 11.5 Å². The highest BCUT2D eigenvalue weighted by molar-refractivity contribution is 6.12. The third kappa shape index (κ3) is 4.63. The fraction of sp³-hybridized carbons (Fsp3) is 0.444. The summed E-state index contributed by atoms with van der Waals surface area (Å²) in [5.41, 5.74) is 15.2. The number of aryl methyl sites for hydroxylation is 1. The zero-order valence-corrected chi connectivity index (χ0v) is 13.8. The van der Waals surface area contributed by atoms with Gasteiger partial charge in [0.05, 0.1) is 11.4 Å². The molecule has 1 aromatic rings. The van der Waals surface area contributed by atoms with Crippen LogP contribution in [0.4, 0.5) is 5.69 Å². The van der Waals surface area contributed by atoms with Crippen molar-refractivity contribution in [1.82, 2.24) is 0 Å². The van der Waals surface area contributed by atoms with Gasteiger partial charge in [-0.05, 0) is 31.9 Å². The van der Waals surface area contributed by atoms with E-state index in [4.69, 9.17) is 11.5 Å². The Bertz CT molecular complexity index is 570. The predicted molar refractivity (Wildman–Crippen MR) is 92.6 cm³/mol. The molecule has 0 saturated heterocycles. The molecule has 0 aliphatic heterocycles. The molecule has 0 radical (unpaired) electrons. The van der Waals surface area contributed by atoms with E-state index in [0.29, 0.717) is 23.0 Å². The lowest BCUT2D eigenvalue weighted by atomic mass is 10.0. The quantitative estimate of drug-likeness (QED) is 0.828. The average Bonchev–Trinajstić information content (AvgIpc) is 3.09. The molecule has 4 heteroatoms. The molecule has 118 valence electrons. The van der Waals surface area contributed by atoms with E-state index in [0.717, 1.165) is 18.4 Å². The van der Waals surface area contributed by atoms with Crippen molar-refractivity contribution in [1.29, 1.82) is 5.26 Å². The molecular formula is C18H26N4. The summed E-state index contributed by atoms with van der Waals surface area (Å²) in [6.07, 6.45) is 4.46. The molecular weight excluding hydrogens is 272 g/mol. The monoisotopic (exact) mass is 298 g/mol. The molecule has 1 aliphatic carbocycles. The molecule has 1 aliphatic rings. The topological polar surface area (TPSA) is 88.2 Å². The summed E-state index contributed by atoms with van der Waals surface area (Å²) in [7, 11) is 0. The van der Waals surface area contributed by atoms with E-state index in [1.54, 1.807) is 0 Å². The highest BCUT2D eigenvalue weighted by Crippen LogP contribution is 2.29. The second-order valence-electron chi connectivity index (χ2n) is 5.26. The molecule has 1 saturated carbocycles. The van der Waals surface area contributed by atoms with E-state index in [9.17, 15) is 5.26 Å². The van der Waals surface area contributed by atoms with Crippen LogP contribution in [0, 0.1) is 24.2 Å². The van der Waals surface area contributed by atoms with Crippen molar-refractivity contribution in [3.05, 3.63) is 41.2 Å². The molecule has 0 heterocycles. The van der Waals surface area contributed by atoms with Crippen molar-refractivity contribution in [3.63, 3.8) is 0 Å². The minimum atomic E-state index is 0.207. The molecule has 0 atom stereocenters. The lowest BCUT2D eigenvalue weighted by Gasteiger charge is -2.12. The molecule has 1 aromatic carbocycles.